The van der Waals surface area contributed by atoms with Gasteiger partial charge in [-0.25, -0.2) is 13.4 Å². The first-order valence-electron chi connectivity index (χ1n) is 12.1. The van der Waals surface area contributed by atoms with Gasteiger partial charge in [-0.2, -0.15) is 17.9 Å². The average molecular weight is 661 g/mol. The van der Waals surface area contributed by atoms with Gasteiger partial charge in [0.2, 0.25) is 15.9 Å². The lowest BCUT2D eigenvalue weighted by Crippen LogP contribution is -2.43. The number of sulfonamides is 1. The molecule has 1 amide bonds. The van der Waals surface area contributed by atoms with Crippen molar-refractivity contribution in [2.45, 2.75) is 65.8 Å². The number of thiazole rings is 1. The maximum absolute atomic E-state index is 13.3. The van der Waals surface area contributed by atoms with Crippen LogP contribution in [0.2, 0.25) is 0 Å². The van der Waals surface area contributed by atoms with E-state index in [1.165, 1.54) is 16.5 Å². The van der Waals surface area contributed by atoms with Crippen molar-refractivity contribution in [2.24, 2.45) is 0 Å². The SMILES string of the molecule is C=C(/C(Cl)=C(Cl)\C(=C/C)S(=O)(=O)N[C@@H](C)C(F)(F)F)c1sc(-c2nnc(CC(C)(C)O)o2)nc1C(=O)N(CC)CC. The van der Waals surface area contributed by atoms with E-state index < -0.39 is 48.7 Å². The zero-order valence-corrected chi connectivity index (χ0v) is 26.2. The van der Waals surface area contributed by atoms with Crippen molar-refractivity contribution in [3.8, 4) is 10.9 Å². The van der Waals surface area contributed by atoms with E-state index in [0.717, 1.165) is 17.4 Å². The molecule has 1 atom stereocenters. The molecule has 10 nitrogen and oxygen atoms in total. The molecule has 41 heavy (non-hydrogen) atoms. The van der Waals surface area contributed by atoms with Crippen LogP contribution < -0.4 is 4.72 Å². The molecule has 0 aliphatic carbocycles. The smallest absolute Gasteiger partial charge is 0.404 e. The average Bonchev–Trinajstić information content (AvgIpc) is 3.49. The van der Waals surface area contributed by atoms with Crippen molar-refractivity contribution >= 4 is 56.0 Å². The first-order valence-corrected chi connectivity index (χ1v) is 15.2. The van der Waals surface area contributed by atoms with Crippen LogP contribution in [-0.4, -0.2) is 70.4 Å². The maximum atomic E-state index is 13.3. The molecule has 2 heterocycles. The van der Waals surface area contributed by atoms with Crippen molar-refractivity contribution in [1.29, 1.82) is 0 Å². The number of carbonyl (C=O) groups excluding carboxylic acids is 1. The standard InChI is InChI=1S/C24H30Cl2F3N5O5S2/c1-8-14(41(37,38)33-13(5)24(27,28)29)17(26)16(25)12(4)19-18(22(35)34(9-2)10-3)30-21(40-19)20-32-31-15(39-20)11-23(6,7)36/h8,13,33,36H,4,9-11H2,1-3,5-7H3/b14-8+,17-16-/t13-/m0/s1. The molecule has 17 heteroatoms. The van der Waals surface area contributed by atoms with Crippen LogP contribution in [0.15, 0.2) is 32.0 Å². The van der Waals surface area contributed by atoms with E-state index in [4.69, 9.17) is 27.6 Å². The lowest BCUT2D eigenvalue weighted by atomic mass is 10.1. The van der Waals surface area contributed by atoms with Crippen molar-refractivity contribution in [1.82, 2.24) is 24.8 Å². The van der Waals surface area contributed by atoms with Crippen molar-refractivity contribution in [3.05, 3.63) is 44.1 Å². The van der Waals surface area contributed by atoms with E-state index in [2.05, 4.69) is 21.8 Å². The molecule has 0 saturated heterocycles. The number of aromatic nitrogens is 3. The molecule has 0 saturated carbocycles. The zero-order valence-electron chi connectivity index (χ0n) is 23.1. The van der Waals surface area contributed by atoms with Gasteiger partial charge >= 0.3 is 6.18 Å². The summed E-state index contributed by atoms with van der Waals surface area (Å²) in [4.78, 5) is 18.5. The molecule has 0 aromatic carbocycles. The van der Waals surface area contributed by atoms with Gasteiger partial charge in [0.25, 0.3) is 11.8 Å². The van der Waals surface area contributed by atoms with Crippen molar-refractivity contribution in [2.75, 3.05) is 13.1 Å². The lowest BCUT2D eigenvalue weighted by molar-refractivity contribution is -0.146. The number of nitrogens with one attached hydrogen (secondary N) is 1. The Morgan fingerprint density at radius 1 is 1.22 bits per heavy atom. The quantitative estimate of drug-likeness (QED) is 0.286. The van der Waals surface area contributed by atoms with Gasteiger partial charge in [0.05, 0.1) is 31.9 Å². The van der Waals surface area contributed by atoms with Crippen LogP contribution >= 0.6 is 34.5 Å². The number of allylic oxidation sites excluding steroid dienone is 4. The highest BCUT2D eigenvalue weighted by molar-refractivity contribution is 7.93. The fraction of sp³-hybridized carbons (Fsp3) is 0.500. The number of amides is 1. The minimum Gasteiger partial charge on any atom is -0.419 e. The number of alkyl halides is 3. The number of halogens is 5. The van der Waals surface area contributed by atoms with Gasteiger partial charge in [0.15, 0.2) is 5.01 Å². The van der Waals surface area contributed by atoms with E-state index in [1.54, 1.807) is 27.7 Å². The summed E-state index contributed by atoms with van der Waals surface area (Å²) in [6, 6.07) is -2.41. The highest BCUT2D eigenvalue weighted by Crippen LogP contribution is 2.40. The molecule has 0 radical (unpaired) electrons. The topological polar surface area (TPSA) is 139 Å². The lowest BCUT2D eigenvalue weighted by Gasteiger charge is -2.19. The summed E-state index contributed by atoms with van der Waals surface area (Å²) in [5, 5.41) is 16.9. The fourth-order valence-corrected chi connectivity index (χ4v) is 6.47. The van der Waals surface area contributed by atoms with E-state index in [1.807, 2.05) is 0 Å². The van der Waals surface area contributed by atoms with Crippen LogP contribution in [0.4, 0.5) is 13.2 Å². The van der Waals surface area contributed by atoms with Gasteiger partial charge in [0, 0.05) is 18.7 Å². The van der Waals surface area contributed by atoms with Gasteiger partial charge in [0.1, 0.15) is 11.7 Å². The third-order valence-corrected chi connectivity index (χ3v) is 9.24. The van der Waals surface area contributed by atoms with E-state index in [0.29, 0.717) is 20.0 Å². The number of hydrogen-bond acceptors (Lipinski definition) is 9. The fourth-order valence-electron chi connectivity index (χ4n) is 3.31. The van der Waals surface area contributed by atoms with Gasteiger partial charge in [-0.15, -0.1) is 21.5 Å². The Morgan fingerprint density at radius 2 is 1.80 bits per heavy atom. The van der Waals surface area contributed by atoms with Crippen LogP contribution in [0, 0.1) is 0 Å². The molecule has 2 aromatic heterocycles. The molecule has 0 aliphatic heterocycles. The molecular weight excluding hydrogens is 630 g/mol. The maximum Gasteiger partial charge on any atom is 0.404 e. The molecule has 2 N–H and O–H groups in total. The summed E-state index contributed by atoms with van der Waals surface area (Å²) in [5.41, 5.74) is -1.37. The van der Waals surface area contributed by atoms with Gasteiger partial charge < -0.3 is 14.4 Å². The second-order valence-electron chi connectivity index (χ2n) is 9.31. The zero-order chi connectivity index (χ0) is 31.5. The van der Waals surface area contributed by atoms with Crippen LogP contribution in [0.25, 0.3) is 16.5 Å². The second kappa shape index (κ2) is 13.3. The summed E-state index contributed by atoms with van der Waals surface area (Å²) in [6.07, 6.45) is -3.83. The summed E-state index contributed by atoms with van der Waals surface area (Å²) in [5.74, 6) is -0.454. The van der Waals surface area contributed by atoms with E-state index >= 15 is 0 Å². The second-order valence-corrected chi connectivity index (χ2v) is 12.7. The Bertz CT molecular complexity index is 1460. The number of rotatable bonds is 12. The number of hydrogen-bond donors (Lipinski definition) is 2. The van der Waals surface area contributed by atoms with E-state index in [9.17, 15) is 31.5 Å². The third-order valence-electron chi connectivity index (χ3n) is 5.44. The summed E-state index contributed by atoms with van der Waals surface area (Å²) in [7, 11) is -4.78. The largest absolute Gasteiger partial charge is 0.419 e. The third kappa shape index (κ3) is 8.61. The predicted octanol–water partition coefficient (Wildman–Crippen LogP) is 5.46. The van der Waals surface area contributed by atoms with Gasteiger partial charge in [-0.3, -0.25) is 4.79 Å². The number of aliphatic hydroxyl groups is 1. The van der Waals surface area contributed by atoms with Gasteiger partial charge in [-0.1, -0.05) is 35.9 Å². The van der Waals surface area contributed by atoms with Crippen LogP contribution in [-0.2, 0) is 16.4 Å². The van der Waals surface area contributed by atoms with Crippen LogP contribution in [0.1, 0.15) is 62.8 Å². The van der Waals surface area contributed by atoms with E-state index in [-0.39, 0.29) is 39.4 Å². The molecule has 0 unspecified atom stereocenters. The number of carbonyl (C=O) groups is 1. The molecule has 2 aromatic rings. The highest BCUT2D eigenvalue weighted by Gasteiger charge is 2.40. The Balaban J connectivity index is 2.63. The molecule has 0 aliphatic rings. The summed E-state index contributed by atoms with van der Waals surface area (Å²) >= 11 is 13.6. The first-order chi connectivity index (χ1) is 18.8. The Hall–Kier alpha value is -2.30. The predicted molar refractivity (Wildman–Crippen MR) is 152 cm³/mol. The first kappa shape index (κ1) is 34.9. The minimum absolute atomic E-state index is 0.0436. The molecule has 2 rings (SSSR count). The number of nitrogens with zero attached hydrogens (tertiary/aromatic N) is 4. The minimum atomic E-state index is -4.85. The van der Waals surface area contributed by atoms with Gasteiger partial charge in [-0.05, 0) is 41.5 Å². The highest BCUT2D eigenvalue weighted by atomic mass is 35.5. The Labute approximate surface area is 250 Å². The summed E-state index contributed by atoms with van der Waals surface area (Å²) in [6.45, 7) is 13.0. The molecule has 0 spiro atoms. The molecule has 0 bridgehead atoms. The Morgan fingerprint density at radius 3 is 2.29 bits per heavy atom. The van der Waals surface area contributed by atoms with Crippen LogP contribution in [0.5, 0.6) is 0 Å². The monoisotopic (exact) mass is 659 g/mol. The normalized spacial score (nSPS) is 14.6. The molecule has 0 fully saturated rings. The van der Waals surface area contributed by atoms with Crippen molar-refractivity contribution in [3.63, 3.8) is 0 Å². The molecule has 228 valence electrons. The van der Waals surface area contributed by atoms with Crippen molar-refractivity contribution < 1.29 is 35.9 Å². The van der Waals surface area contributed by atoms with Crippen LogP contribution in [0.3, 0.4) is 0 Å². The molecular formula is C24H30Cl2F3N5O5S2. The summed E-state index contributed by atoms with van der Waals surface area (Å²) < 4.78 is 71.7. The Kier molecular flexibility index (Phi) is 11.4.